The van der Waals surface area contributed by atoms with Crippen molar-refractivity contribution in [1.82, 2.24) is 14.7 Å². The van der Waals surface area contributed by atoms with Crippen LogP contribution in [0.3, 0.4) is 0 Å². The molecule has 0 saturated heterocycles. The molecular formula is C9H16N4O2S. The first-order valence-corrected chi connectivity index (χ1v) is 6.87. The number of nitrogens with one attached hydrogen (secondary N) is 2. The molecule has 2 N–H and O–H groups in total. The Balaban J connectivity index is 2.50. The zero-order valence-corrected chi connectivity index (χ0v) is 10.2. The molecule has 90 valence electrons. The van der Waals surface area contributed by atoms with Crippen LogP contribution in [0.25, 0.3) is 0 Å². The van der Waals surface area contributed by atoms with Crippen LogP contribution >= 0.6 is 0 Å². The summed E-state index contributed by atoms with van der Waals surface area (Å²) in [5.74, 6) is 0.643. The molecule has 0 saturated carbocycles. The van der Waals surface area contributed by atoms with Gasteiger partial charge in [-0.3, -0.25) is 4.98 Å². The van der Waals surface area contributed by atoms with Crippen molar-refractivity contribution >= 4 is 15.8 Å². The zero-order valence-electron chi connectivity index (χ0n) is 9.34. The molecule has 1 heterocycles. The molecule has 0 amide bonds. The van der Waals surface area contributed by atoms with Gasteiger partial charge in [-0.2, -0.15) is 0 Å². The monoisotopic (exact) mass is 244 g/mol. The highest BCUT2D eigenvalue weighted by molar-refractivity contribution is 7.88. The molecular weight excluding hydrogens is 228 g/mol. The van der Waals surface area contributed by atoms with E-state index in [9.17, 15) is 8.42 Å². The second-order valence-corrected chi connectivity index (χ2v) is 5.29. The summed E-state index contributed by atoms with van der Waals surface area (Å²) in [7, 11) is -3.15. The van der Waals surface area contributed by atoms with Crippen LogP contribution < -0.4 is 10.0 Å². The smallest absolute Gasteiger partial charge is 0.208 e. The first kappa shape index (κ1) is 12.9. The quantitative estimate of drug-likeness (QED) is 0.747. The van der Waals surface area contributed by atoms with Gasteiger partial charge < -0.3 is 5.32 Å². The van der Waals surface area contributed by atoms with Crippen LogP contribution in [0.1, 0.15) is 13.3 Å². The van der Waals surface area contributed by atoms with Crippen LogP contribution in [0.15, 0.2) is 18.6 Å². The molecule has 0 spiro atoms. The molecule has 1 rings (SSSR count). The number of nitrogens with zero attached hydrogens (tertiary/aromatic N) is 2. The van der Waals surface area contributed by atoms with Crippen molar-refractivity contribution in [1.29, 1.82) is 0 Å². The minimum Gasteiger partial charge on any atom is -0.365 e. The van der Waals surface area contributed by atoms with E-state index < -0.39 is 10.0 Å². The molecule has 1 aromatic rings. The van der Waals surface area contributed by atoms with E-state index in [1.807, 2.05) is 6.92 Å². The number of aromatic nitrogens is 2. The Labute approximate surface area is 95.6 Å². The first-order valence-electron chi connectivity index (χ1n) is 4.98. The van der Waals surface area contributed by atoms with E-state index in [1.165, 1.54) is 0 Å². The molecule has 0 radical (unpaired) electrons. The average Bonchev–Trinajstić information content (AvgIpc) is 2.24. The second-order valence-electron chi connectivity index (χ2n) is 3.46. The fraction of sp³-hybridized carbons (Fsp3) is 0.556. The average molecular weight is 244 g/mol. The van der Waals surface area contributed by atoms with Crippen LogP contribution in [0.5, 0.6) is 0 Å². The Morgan fingerprint density at radius 3 is 2.69 bits per heavy atom. The van der Waals surface area contributed by atoms with Crippen LogP contribution in [-0.2, 0) is 10.0 Å². The third-order valence-corrected chi connectivity index (χ3v) is 2.69. The lowest BCUT2D eigenvalue weighted by molar-refractivity contribution is 0.576. The van der Waals surface area contributed by atoms with Gasteiger partial charge in [-0.15, -0.1) is 0 Å². The van der Waals surface area contributed by atoms with E-state index in [1.54, 1.807) is 18.6 Å². The third-order valence-electron chi connectivity index (χ3n) is 2.00. The van der Waals surface area contributed by atoms with Gasteiger partial charge in [-0.05, 0) is 6.42 Å². The zero-order chi connectivity index (χ0) is 12.0. The van der Waals surface area contributed by atoms with Crippen molar-refractivity contribution in [2.24, 2.45) is 0 Å². The molecule has 1 atom stereocenters. The minimum absolute atomic E-state index is 0.00595. The molecule has 0 unspecified atom stereocenters. The van der Waals surface area contributed by atoms with Gasteiger partial charge in [0.1, 0.15) is 5.82 Å². The second kappa shape index (κ2) is 5.76. The van der Waals surface area contributed by atoms with Gasteiger partial charge >= 0.3 is 0 Å². The first-order chi connectivity index (χ1) is 7.51. The van der Waals surface area contributed by atoms with E-state index >= 15 is 0 Å². The summed E-state index contributed by atoms with van der Waals surface area (Å²) in [5, 5.41) is 3.10. The maximum absolute atomic E-state index is 10.9. The van der Waals surface area contributed by atoms with Crippen LogP contribution in [0.4, 0.5) is 5.82 Å². The maximum atomic E-state index is 10.9. The summed E-state index contributed by atoms with van der Waals surface area (Å²) < 4.78 is 24.3. The van der Waals surface area contributed by atoms with E-state index in [4.69, 9.17) is 0 Å². The summed E-state index contributed by atoms with van der Waals surface area (Å²) in [5.41, 5.74) is 0. The lowest BCUT2D eigenvalue weighted by atomic mass is 10.2. The van der Waals surface area contributed by atoms with Gasteiger partial charge in [0.2, 0.25) is 10.0 Å². The molecule has 6 nitrogen and oxygen atoms in total. The van der Waals surface area contributed by atoms with Crippen LogP contribution in [0, 0.1) is 0 Å². The highest BCUT2D eigenvalue weighted by Crippen LogP contribution is 2.02. The Morgan fingerprint density at radius 2 is 2.19 bits per heavy atom. The van der Waals surface area contributed by atoms with Crippen molar-refractivity contribution in [2.45, 2.75) is 19.4 Å². The Morgan fingerprint density at radius 1 is 1.44 bits per heavy atom. The maximum Gasteiger partial charge on any atom is 0.208 e. The normalized spacial score (nSPS) is 13.4. The van der Waals surface area contributed by atoms with E-state index in [-0.39, 0.29) is 6.04 Å². The molecule has 16 heavy (non-hydrogen) atoms. The summed E-state index contributed by atoms with van der Waals surface area (Å²) in [6, 6.07) is 0.00595. The number of hydrogen-bond acceptors (Lipinski definition) is 5. The lowest BCUT2D eigenvalue weighted by Gasteiger charge is -2.17. The van der Waals surface area contributed by atoms with Crippen molar-refractivity contribution in [3.8, 4) is 0 Å². The molecule has 0 bridgehead atoms. The van der Waals surface area contributed by atoms with E-state index in [0.717, 1.165) is 12.7 Å². The van der Waals surface area contributed by atoms with Crippen LogP contribution in [-0.4, -0.2) is 37.2 Å². The molecule has 7 heteroatoms. The largest absolute Gasteiger partial charge is 0.365 e. The summed E-state index contributed by atoms with van der Waals surface area (Å²) in [6.45, 7) is 2.31. The summed E-state index contributed by atoms with van der Waals surface area (Å²) >= 11 is 0. The van der Waals surface area contributed by atoms with Gasteiger partial charge in [0.25, 0.3) is 0 Å². The highest BCUT2D eigenvalue weighted by atomic mass is 32.2. The molecule has 0 fully saturated rings. The summed E-state index contributed by atoms with van der Waals surface area (Å²) in [6.07, 6.45) is 6.70. The van der Waals surface area contributed by atoms with Gasteiger partial charge in [0.15, 0.2) is 0 Å². The summed E-state index contributed by atoms with van der Waals surface area (Å²) in [4.78, 5) is 7.98. The number of sulfonamides is 1. The van der Waals surface area contributed by atoms with Gasteiger partial charge in [0, 0.05) is 25.0 Å². The Bertz CT molecular complexity index is 407. The SMILES string of the molecule is CC[C@@H](CNS(C)(=O)=O)Nc1cnccn1. The van der Waals surface area contributed by atoms with Crippen LogP contribution in [0.2, 0.25) is 0 Å². The fourth-order valence-corrected chi connectivity index (χ4v) is 1.64. The van der Waals surface area contributed by atoms with Crippen molar-refractivity contribution in [3.05, 3.63) is 18.6 Å². The molecule has 0 aliphatic carbocycles. The topological polar surface area (TPSA) is 84.0 Å². The predicted octanol–water partition coefficient (Wildman–Crippen LogP) is 0.216. The van der Waals surface area contributed by atoms with Crippen molar-refractivity contribution < 1.29 is 8.42 Å². The van der Waals surface area contributed by atoms with Gasteiger partial charge in [-0.25, -0.2) is 18.1 Å². The van der Waals surface area contributed by atoms with E-state index in [2.05, 4.69) is 20.0 Å². The molecule has 1 aromatic heterocycles. The standard InChI is InChI=1S/C9H16N4O2S/c1-3-8(6-12-16(2,14)15)13-9-7-10-4-5-11-9/h4-5,7-8,12H,3,6H2,1-2H3,(H,11,13)/t8-/m0/s1. The van der Waals surface area contributed by atoms with E-state index in [0.29, 0.717) is 12.4 Å². The van der Waals surface area contributed by atoms with Crippen molar-refractivity contribution in [3.63, 3.8) is 0 Å². The lowest BCUT2D eigenvalue weighted by Crippen LogP contribution is -2.35. The third kappa shape index (κ3) is 5.04. The van der Waals surface area contributed by atoms with Gasteiger partial charge in [0.05, 0.1) is 12.5 Å². The Hall–Kier alpha value is -1.21. The predicted molar refractivity (Wildman–Crippen MR) is 62.6 cm³/mol. The van der Waals surface area contributed by atoms with Crippen molar-refractivity contribution in [2.75, 3.05) is 18.1 Å². The fourth-order valence-electron chi connectivity index (χ4n) is 1.13. The van der Waals surface area contributed by atoms with Gasteiger partial charge in [-0.1, -0.05) is 6.92 Å². The highest BCUT2D eigenvalue weighted by Gasteiger charge is 2.09. The molecule has 0 aliphatic heterocycles. The Kier molecular flexibility index (Phi) is 4.63. The number of rotatable bonds is 6. The molecule has 0 aromatic carbocycles. The number of hydrogen-bond donors (Lipinski definition) is 2. The minimum atomic E-state index is -3.15. The molecule has 0 aliphatic rings. The number of anilines is 1.